The Labute approximate surface area is 128 Å². The molecule has 5 nitrogen and oxygen atoms in total. The summed E-state index contributed by atoms with van der Waals surface area (Å²) in [5.41, 5.74) is 0.499. The van der Waals surface area contributed by atoms with Gasteiger partial charge in [0.05, 0.1) is 0 Å². The van der Waals surface area contributed by atoms with E-state index in [0.717, 1.165) is 25.9 Å². The number of nitrogens with one attached hydrogen (secondary N) is 1. The van der Waals surface area contributed by atoms with Gasteiger partial charge >= 0.3 is 0 Å². The number of hydrogen-bond acceptors (Lipinski definition) is 4. The van der Waals surface area contributed by atoms with Gasteiger partial charge in [-0.05, 0) is 37.1 Å². The molecule has 0 spiro atoms. The summed E-state index contributed by atoms with van der Waals surface area (Å²) >= 11 is 0. The molecule has 1 aromatic carbocycles. The largest absolute Gasteiger partial charge is 0.341 e. The Morgan fingerprint density at radius 2 is 1.91 bits per heavy atom. The van der Waals surface area contributed by atoms with Gasteiger partial charge in [0.1, 0.15) is 5.82 Å². The molecule has 1 saturated heterocycles. The first kappa shape index (κ1) is 14.4. The molecule has 1 aromatic heterocycles. The number of amides is 1. The second-order valence-corrected chi connectivity index (χ2v) is 5.31. The van der Waals surface area contributed by atoms with E-state index in [9.17, 15) is 9.18 Å². The number of nitrogens with zero attached hydrogens (tertiary/aromatic N) is 3. The smallest absolute Gasteiger partial charge is 0.227 e. The highest BCUT2D eigenvalue weighted by atomic mass is 19.1. The molecular formula is C16H17FN4O. The third-order valence-electron chi connectivity index (χ3n) is 3.79. The molecule has 0 bridgehead atoms. The highest BCUT2D eigenvalue weighted by molar-refractivity contribution is 5.92. The van der Waals surface area contributed by atoms with Crippen LogP contribution in [0.25, 0.3) is 0 Å². The van der Waals surface area contributed by atoms with Gasteiger partial charge in [0.15, 0.2) is 0 Å². The van der Waals surface area contributed by atoms with Crippen LogP contribution in [-0.2, 0) is 4.79 Å². The first-order chi connectivity index (χ1) is 10.7. The van der Waals surface area contributed by atoms with Crippen LogP contribution in [0.1, 0.15) is 12.8 Å². The lowest BCUT2D eigenvalue weighted by Gasteiger charge is -2.31. The number of benzene rings is 1. The van der Waals surface area contributed by atoms with Gasteiger partial charge in [0.2, 0.25) is 11.9 Å². The predicted octanol–water partition coefficient (Wildman–Crippen LogP) is 2.47. The van der Waals surface area contributed by atoms with E-state index in [1.165, 1.54) is 12.1 Å². The van der Waals surface area contributed by atoms with E-state index in [1.807, 2.05) is 0 Å². The molecule has 0 unspecified atom stereocenters. The number of piperidine rings is 1. The van der Waals surface area contributed by atoms with Crippen LogP contribution in [0.2, 0.25) is 0 Å². The van der Waals surface area contributed by atoms with Gasteiger partial charge in [-0.25, -0.2) is 14.4 Å². The number of anilines is 2. The molecule has 1 aliphatic rings. The summed E-state index contributed by atoms with van der Waals surface area (Å²) in [6.07, 6.45) is 4.90. The Bertz CT molecular complexity index is 642. The number of carbonyl (C=O) groups excluding carboxylic acids is 1. The number of carbonyl (C=O) groups is 1. The van der Waals surface area contributed by atoms with Crippen LogP contribution < -0.4 is 10.2 Å². The van der Waals surface area contributed by atoms with E-state index in [0.29, 0.717) is 11.6 Å². The summed E-state index contributed by atoms with van der Waals surface area (Å²) in [4.78, 5) is 22.8. The first-order valence-corrected chi connectivity index (χ1v) is 7.31. The topological polar surface area (TPSA) is 58.1 Å². The fourth-order valence-electron chi connectivity index (χ4n) is 2.61. The van der Waals surface area contributed by atoms with Crippen LogP contribution >= 0.6 is 0 Å². The van der Waals surface area contributed by atoms with Crippen LogP contribution in [0, 0.1) is 11.7 Å². The minimum absolute atomic E-state index is 0.0563. The van der Waals surface area contributed by atoms with Crippen LogP contribution in [0.4, 0.5) is 16.0 Å². The maximum absolute atomic E-state index is 13.1. The van der Waals surface area contributed by atoms with Crippen molar-refractivity contribution in [2.75, 3.05) is 23.3 Å². The third kappa shape index (κ3) is 3.39. The zero-order valence-electron chi connectivity index (χ0n) is 12.1. The van der Waals surface area contributed by atoms with Crippen LogP contribution in [0.5, 0.6) is 0 Å². The van der Waals surface area contributed by atoms with Gasteiger partial charge < -0.3 is 10.2 Å². The molecule has 0 atom stereocenters. The SMILES string of the molecule is O=C(Nc1cccc(F)c1)C1CCN(c2ncccn2)CC1. The van der Waals surface area contributed by atoms with Crippen molar-refractivity contribution in [3.8, 4) is 0 Å². The monoisotopic (exact) mass is 300 g/mol. The number of rotatable bonds is 3. The standard InChI is InChI=1S/C16H17FN4O/c17-13-3-1-4-14(11-13)20-15(22)12-5-9-21(10-6-12)16-18-7-2-8-19-16/h1-4,7-8,11-12H,5-6,9-10H2,(H,20,22). The van der Waals surface area contributed by atoms with E-state index >= 15 is 0 Å². The minimum atomic E-state index is -0.353. The molecule has 22 heavy (non-hydrogen) atoms. The van der Waals surface area contributed by atoms with Crippen LogP contribution in [-0.4, -0.2) is 29.0 Å². The zero-order chi connectivity index (χ0) is 15.4. The summed E-state index contributed by atoms with van der Waals surface area (Å²) in [5.74, 6) is 0.225. The minimum Gasteiger partial charge on any atom is -0.341 e. The lowest BCUT2D eigenvalue weighted by molar-refractivity contribution is -0.120. The Kier molecular flexibility index (Phi) is 4.27. The molecule has 1 fully saturated rings. The van der Waals surface area contributed by atoms with Crippen molar-refractivity contribution >= 4 is 17.5 Å². The highest BCUT2D eigenvalue weighted by Gasteiger charge is 2.26. The van der Waals surface area contributed by atoms with Crippen LogP contribution in [0.3, 0.4) is 0 Å². The van der Waals surface area contributed by atoms with Gasteiger partial charge in [0.25, 0.3) is 0 Å². The summed E-state index contributed by atoms with van der Waals surface area (Å²) in [6, 6.07) is 7.73. The predicted molar refractivity (Wildman–Crippen MR) is 82.0 cm³/mol. The lowest BCUT2D eigenvalue weighted by Crippen LogP contribution is -2.39. The average molecular weight is 300 g/mol. The second kappa shape index (κ2) is 6.51. The Balaban J connectivity index is 1.56. The Morgan fingerprint density at radius 1 is 1.18 bits per heavy atom. The van der Waals surface area contributed by atoms with E-state index in [-0.39, 0.29) is 17.6 Å². The van der Waals surface area contributed by atoms with Crippen molar-refractivity contribution in [3.63, 3.8) is 0 Å². The number of aromatic nitrogens is 2. The maximum Gasteiger partial charge on any atom is 0.227 e. The van der Waals surface area contributed by atoms with Crippen molar-refractivity contribution in [1.29, 1.82) is 0 Å². The summed E-state index contributed by atoms with van der Waals surface area (Å²) in [6.45, 7) is 1.48. The number of halogens is 1. The second-order valence-electron chi connectivity index (χ2n) is 5.31. The average Bonchev–Trinajstić information content (AvgIpc) is 2.56. The van der Waals surface area contributed by atoms with E-state index < -0.39 is 0 Å². The van der Waals surface area contributed by atoms with Crippen molar-refractivity contribution in [2.45, 2.75) is 12.8 Å². The fraction of sp³-hybridized carbons (Fsp3) is 0.312. The molecule has 0 saturated carbocycles. The first-order valence-electron chi connectivity index (χ1n) is 7.31. The Hall–Kier alpha value is -2.50. The molecule has 2 aromatic rings. The van der Waals surface area contributed by atoms with Gasteiger partial charge in [-0.3, -0.25) is 4.79 Å². The van der Waals surface area contributed by atoms with Crippen molar-refractivity contribution in [3.05, 3.63) is 48.5 Å². The van der Waals surface area contributed by atoms with Gasteiger partial charge in [-0.2, -0.15) is 0 Å². The molecule has 6 heteroatoms. The van der Waals surface area contributed by atoms with Crippen molar-refractivity contribution < 1.29 is 9.18 Å². The quantitative estimate of drug-likeness (QED) is 0.946. The van der Waals surface area contributed by atoms with Crippen molar-refractivity contribution in [2.24, 2.45) is 5.92 Å². The van der Waals surface area contributed by atoms with Gasteiger partial charge in [-0.1, -0.05) is 6.07 Å². The lowest BCUT2D eigenvalue weighted by atomic mass is 9.96. The summed E-state index contributed by atoms with van der Waals surface area (Å²) < 4.78 is 13.1. The molecule has 114 valence electrons. The van der Waals surface area contributed by atoms with Gasteiger partial charge in [0, 0.05) is 37.1 Å². The zero-order valence-corrected chi connectivity index (χ0v) is 12.1. The highest BCUT2D eigenvalue weighted by Crippen LogP contribution is 2.22. The summed E-state index contributed by atoms with van der Waals surface area (Å²) in [7, 11) is 0. The van der Waals surface area contributed by atoms with E-state index in [4.69, 9.17) is 0 Å². The summed E-state index contributed by atoms with van der Waals surface area (Å²) in [5, 5.41) is 2.78. The molecule has 3 rings (SSSR count). The molecule has 0 radical (unpaired) electrons. The fourth-order valence-corrected chi connectivity index (χ4v) is 2.61. The molecule has 1 N–H and O–H groups in total. The molecule has 2 heterocycles. The maximum atomic E-state index is 13.1. The van der Waals surface area contributed by atoms with Gasteiger partial charge in [-0.15, -0.1) is 0 Å². The molecule has 0 aliphatic carbocycles. The van der Waals surface area contributed by atoms with Crippen molar-refractivity contribution in [1.82, 2.24) is 9.97 Å². The molecule has 1 aliphatic heterocycles. The van der Waals surface area contributed by atoms with E-state index in [2.05, 4.69) is 20.2 Å². The Morgan fingerprint density at radius 3 is 2.59 bits per heavy atom. The molecular weight excluding hydrogens is 283 g/mol. The van der Waals surface area contributed by atoms with Crippen LogP contribution in [0.15, 0.2) is 42.7 Å². The normalized spacial score (nSPS) is 15.6. The molecule has 1 amide bonds. The third-order valence-corrected chi connectivity index (χ3v) is 3.79. The number of hydrogen-bond donors (Lipinski definition) is 1. The van der Waals surface area contributed by atoms with E-state index in [1.54, 1.807) is 30.6 Å².